The second kappa shape index (κ2) is 5.66. The van der Waals surface area contributed by atoms with E-state index in [2.05, 4.69) is 4.72 Å². The van der Waals surface area contributed by atoms with Gasteiger partial charge in [0.25, 0.3) is 10.0 Å². The van der Waals surface area contributed by atoms with Gasteiger partial charge < -0.3 is 10.0 Å². The van der Waals surface area contributed by atoms with Gasteiger partial charge in [0.15, 0.2) is 0 Å². The molecule has 0 radical (unpaired) electrons. The van der Waals surface area contributed by atoms with E-state index in [1.165, 1.54) is 18.2 Å². The van der Waals surface area contributed by atoms with Gasteiger partial charge in [0.1, 0.15) is 0 Å². The van der Waals surface area contributed by atoms with Crippen molar-refractivity contribution in [1.82, 2.24) is 0 Å². The summed E-state index contributed by atoms with van der Waals surface area (Å²) >= 11 is 0. The summed E-state index contributed by atoms with van der Waals surface area (Å²) < 4.78 is 26.7. The molecule has 0 bridgehead atoms. The average Bonchev–Trinajstić information content (AvgIpc) is 2.41. The second-order valence-electron chi connectivity index (χ2n) is 4.36. The largest absolute Gasteiger partial charge is 0.488 e. The smallest absolute Gasteiger partial charge is 0.423 e. The Bertz CT molecular complexity index is 702. The first-order valence-corrected chi connectivity index (χ1v) is 7.43. The summed E-state index contributed by atoms with van der Waals surface area (Å²) in [5.74, 6) is 0. The molecular formula is C13H14BNO4S. The van der Waals surface area contributed by atoms with Crippen molar-refractivity contribution < 1.29 is 18.5 Å². The Morgan fingerprint density at radius 1 is 1.05 bits per heavy atom. The quantitative estimate of drug-likeness (QED) is 0.715. The fourth-order valence-corrected chi connectivity index (χ4v) is 2.87. The van der Waals surface area contributed by atoms with E-state index in [4.69, 9.17) is 0 Å². The normalized spacial score (nSPS) is 11.2. The molecule has 0 saturated carbocycles. The first-order chi connectivity index (χ1) is 9.40. The molecule has 0 aliphatic carbocycles. The van der Waals surface area contributed by atoms with E-state index in [9.17, 15) is 18.5 Å². The molecule has 0 spiro atoms. The molecule has 0 heterocycles. The van der Waals surface area contributed by atoms with Crippen LogP contribution in [-0.2, 0) is 10.0 Å². The maximum Gasteiger partial charge on any atom is 0.488 e. The zero-order valence-corrected chi connectivity index (χ0v) is 11.6. The van der Waals surface area contributed by atoms with E-state index in [1.54, 1.807) is 37.3 Å². The zero-order chi connectivity index (χ0) is 14.8. The third-order valence-electron chi connectivity index (χ3n) is 2.86. The molecule has 0 aromatic heterocycles. The number of hydrogen-bond acceptors (Lipinski definition) is 4. The van der Waals surface area contributed by atoms with E-state index < -0.39 is 17.1 Å². The van der Waals surface area contributed by atoms with Crippen molar-refractivity contribution in [2.24, 2.45) is 0 Å². The number of benzene rings is 2. The highest BCUT2D eigenvalue weighted by molar-refractivity contribution is 7.92. The van der Waals surface area contributed by atoms with E-state index in [0.29, 0.717) is 5.56 Å². The lowest BCUT2D eigenvalue weighted by atomic mass is 9.77. The number of rotatable bonds is 4. The van der Waals surface area contributed by atoms with Crippen molar-refractivity contribution in [2.75, 3.05) is 4.72 Å². The van der Waals surface area contributed by atoms with Crippen molar-refractivity contribution in [3.63, 3.8) is 0 Å². The highest BCUT2D eigenvalue weighted by Gasteiger charge is 2.17. The Hall–Kier alpha value is -1.83. The van der Waals surface area contributed by atoms with Gasteiger partial charge in [-0.3, -0.25) is 4.72 Å². The summed E-state index contributed by atoms with van der Waals surface area (Å²) in [6.07, 6.45) is 0. The van der Waals surface area contributed by atoms with Crippen LogP contribution in [0.2, 0.25) is 0 Å². The summed E-state index contributed by atoms with van der Waals surface area (Å²) in [5, 5.41) is 18.4. The molecule has 0 atom stereocenters. The SMILES string of the molecule is Cc1ccc(NS(=O)(=O)c2ccccc2)cc1B(O)O. The summed E-state index contributed by atoms with van der Waals surface area (Å²) in [6.45, 7) is 1.71. The second-order valence-corrected chi connectivity index (χ2v) is 6.05. The van der Waals surface area contributed by atoms with Crippen LogP contribution in [0, 0.1) is 6.92 Å². The summed E-state index contributed by atoms with van der Waals surface area (Å²) in [4.78, 5) is 0.145. The van der Waals surface area contributed by atoms with E-state index in [-0.39, 0.29) is 16.0 Å². The molecule has 2 aromatic rings. The summed E-state index contributed by atoms with van der Waals surface area (Å²) in [7, 11) is -5.32. The van der Waals surface area contributed by atoms with Gasteiger partial charge in [-0.1, -0.05) is 29.8 Å². The predicted molar refractivity (Wildman–Crippen MR) is 78.3 cm³/mol. The first kappa shape index (κ1) is 14.6. The van der Waals surface area contributed by atoms with Crippen LogP contribution >= 0.6 is 0 Å². The van der Waals surface area contributed by atoms with Crippen molar-refractivity contribution >= 4 is 28.3 Å². The lowest BCUT2D eigenvalue weighted by Crippen LogP contribution is -2.32. The number of hydrogen-bond donors (Lipinski definition) is 3. The summed E-state index contributed by atoms with van der Waals surface area (Å²) in [5.41, 5.74) is 1.21. The lowest BCUT2D eigenvalue weighted by molar-refractivity contribution is 0.425. The topological polar surface area (TPSA) is 86.6 Å². The van der Waals surface area contributed by atoms with Gasteiger partial charge in [0.05, 0.1) is 4.90 Å². The van der Waals surface area contributed by atoms with E-state index in [1.807, 2.05) is 0 Å². The van der Waals surface area contributed by atoms with Gasteiger partial charge in [-0.25, -0.2) is 8.42 Å². The van der Waals surface area contributed by atoms with Crippen LogP contribution in [0.25, 0.3) is 0 Å². The number of aryl methyl sites for hydroxylation is 1. The Balaban J connectivity index is 2.33. The predicted octanol–water partition coefficient (Wildman–Crippen LogP) is 0.476. The highest BCUT2D eigenvalue weighted by Crippen LogP contribution is 2.15. The molecule has 0 fully saturated rings. The molecule has 2 rings (SSSR count). The van der Waals surface area contributed by atoms with Crippen LogP contribution < -0.4 is 10.2 Å². The third kappa shape index (κ3) is 3.19. The zero-order valence-electron chi connectivity index (χ0n) is 10.8. The molecule has 0 aliphatic rings. The van der Waals surface area contributed by atoms with Crippen molar-refractivity contribution in [3.8, 4) is 0 Å². The molecule has 0 aliphatic heterocycles. The van der Waals surface area contributed by atoms with Crippen molar-refractivity contribution in [3.05, 3.63) is 54.1 Å². The molecule has 3 N–H and O–H groups in total. The maximum atomic E-state index is 12.1. The number of sulfonamides is 1. The van der Waals surface area contributed by atoms with Gasteiger partial charge in [-0.05, 0) is 36.7 Å². The molecule has 104 valence electrons. The molecule has 0 unspecified atom stereocenters. The number of anilines is 1. The maximum absolute atomic E-state index is 12.1. The average molecular weight is 291 g/mol. The molecule has 0 amide bonds. The molecule has 7 heteroatoms. The van der Waals surface area contributed by atoms with Gasteiger partial charge in [-0.2, -0.15) is 0 Å². The fourth-order valence-electron chi connectivity index (χ4n) is 1.80. The lowest BCUT2D eigenvalue weighted by Gasteiger charge is -2.11. The molecular weight excluding hydrogens is 277 g/mol. The molecule has 2 aromatic carbocycles. The minimum atomic E-state index is -3.68. The van der Waals surface area contributed by atoms with Gasteiger partial charge >= 0.3 is 7.12 Å². The van der Waals surface area contributed by atoms with Gasteiger partial charge in [0.2, 0.25) is 0 Å². The van der Waals surface area contributed by atoms with Crippen molar-refractivity contribution in [1.29, 1.82) is 0 Å². The Kier molecular flexibility index (Phi) is 4.13. The minimum Gasteiger partial charge on any atom is -0.423 e. The van der Waals surface area contributed by atoms with Crippen LogP contribution in [0.3, 0.4) is 0 Å². The van der Waals surface area contributed by atoms with Crippen LogP contribution in [0.1, 0.15) is 5.56 Å². The van der Waals surface area contributed by atoms with Crippen molar-refractivity contribution in [2.45, 2.75) is 11.8 Å². The van der Waals surface area contributed by atoms with Crippen LogP contribution in [-0.4, -0.2) is 25.6 Å². The van der Waals surface area contributed by atoms with Crippen LogP contribution in [0.15, 0.2) is 53.4 Å². The Labute approximate surface area is 118 Å². The van der Waals surface area contributed by atoms with Gasteiger partial charge in [-0.15, -0.1) is 0 Å². The third-order valence-corrected chi connectivity index (χ3v) is 4.26. The van der Waals surface area contributed by atoms with Crippen LogP contribution in [0.5, 0.6) is 0 Å². The molecule has 20 heavy (non-hydrogen) atoms. The molecule has 5 nitrogen and oxygen atoms in total. The van der Waals surface area contributed by atoms with E-state index in [0.717, 1.165) is 0 Å². The summed E-state index contributed by atoms with van der Waals surface area (Å²) in [6, 6.07) is 12.6. The first-order valence-electron chi connectivity index (χ1n) is 5.95. The van der Waals surface area contributed by atoms with E-state index >= 15 is 0 Å². The monoisotopic (exact) mass is 291 g/mol. The fraction of sp³-hybridized carbons (Fsp3) is 0.0769. The minimum absolute atomic E-state index is 0.145. The number of nitrogens with one attached hydrogen (secondary N) is 1. The Morgan fingerprint density at radius 2 is 1.70 bits per heavy atom. The Morgan fingerprint density at radius 3 is 2.30 bits per heavy atom. The van der Waals surface area contributed by atoms with Crippen LogP contribution in [0.4, 0.5) is 5.69 Å². The highest BCUT2D eigenvalue weighted by atomic mass is 32.2. The standard InChI is InChI=1S/C13H14BNO4S/c1-10-7-8-11(9-13(10)14(16)17)15-20(18,19)12-5-3-2-4-6-12/h2-9,15-17H,1H3. The van der Waals surface area contributed by atoms with Gasteiger partial charge in [0, 0.05) is 5.69 Å². The molecule has 0 saturated heterocycles.